The summed E-state index contributed by atoms with van der Waals surface area (Å²) in [4.78, 5) is 5.83. The van der Waals surface area contributed by atoms with Gasteiger partial charge in [0.25, 0.3) is 0 Å². The molecule has 1 unspecified atom stereocenters. The van der Waals surface area contributed by atoms with E-state index in [9.17, 15) is 13.2 Å². The maximum Gasteiger partial charge on any atom is 0.416 e. The molecule has 0 aromatic carbocycles. The Morgan fingerprint density at radius 2 is 2.14 bits per heavy atom. The lowest BCUT2D eigenvalue weighted by molar-refractivity contribution is -0.138. The van der Waals surface area contributed by atoms with Gasteiger partial charge in [0.2, 0.25) is 0 Å². The van der Waals surface area contributed by atoms with E-state index in [1.165, 1.54) is 28.0 Å². The third kappa shape index (κ3) is 2.95. The summed E-state index contributed by atoms with van der Waals surface area (Å²) >= 11 is 3.36. The molecule has 2 aromatic heterocycles. The lowest BCUT2D eigenvalue weighted by Crippen LogP contribution is -2.18. The van der Waals surface area contributed by atoms with Crippen LogP contribution in [0.2, 0.25) is 0 Å². The maximum atomic E-state index is 13.1. The average Bonchev–Trinajstić information content (AvgIpc) is 2.89. The van der Waals surface area contributed by atoms with E-state index >= 15 is 0 Å². The Hall–Kier alpha value is -1.05. The molecule has 1 atom stereocenters. The Labute approximate surface area is 128 Å². The van der Waals surface area contributed by atoms with Crippen LogP contribution in [0.25, 0.3) is 0 Å². The molecule has 0 saturated carbocycles. The summed E-state index contributed by atoms with van der Waals surface area (Å²) in [6, 6.07) is 2.15. The zero-order chi connectivity index (χ0) is 15.0. The highest BCUT2D eigenvalue weighted by molar-refractivity contribution is 7.98. The number of thioether (sulfide) groups is 1. The number of hydrogen-bond acceptors (Lipinski definition) is 4. The second-order valence-electron chi connectivity index (χ2n) is 4.84. The number of hydrogen-bond donors (Lipinski definition) is 1. The SMILES string of the molecule is NC(c1cc2c(s1)CCSC2)c1cnccc1C(F)(F)F. The van der Waals surface area contributed by atoms with E-state index in [-0.39, 0.29) is 5.56 Å². The lowest BCUT2D eigenvalue weighted by Gasteiger charge is -2.16. The minimum Gasteiger partial charge on any atom is -0.320 e. The van der Waals surface area contributed by atoms with Gasteiger partial charge in [-0.1, -0.05) is 0 Å². The van der Waals surface area contributed by atoms with E-state index < -0.39 is 17.8 Å². The van der Waals surface area contributed by atoms with Crippen molar-refractivity contribution in [1.29, 1.82) is 0 Å². The molecule has 0 fully saturated rings. The molecule has 0 amide bonds. The van der Waals surface area contributed by atoms with Crippen LogP contribution in [0.4, 0.5) is 13.2 Å². The van der Waals surface area contributed by atoms with E-state index in [4.69, 9.17) is 5.73 Å². The predicted octanol–water partition coefficient (Wildman–Crippen LogP) is 4.00. The standard InChI is InChI=1S/C14H13F3N2S2/c15-14(16,17)10-1-3-19-6-9(10)13(18)12-5-8-7-20-4-2-11(8)21-12/h1,3,5-6,13H,2,4,7,18H2. The highest BCUT2D eigenvalue weighted by Gasteiger charge is 2.35. The van der Waals surface area contributed by atoms with Crippen molar-refractivity contribution in [3.05, 3.63) is 51.0 Å². The summed E-state index contributed by atoms with van der Waals surface area (Å²) in [5.74, 6) is 1.97. The van der Waals surface area contributed by atoms with E-state index in [1.54, 1.807) is 0 Å². The molecule has 3 rings (SSSR count). The first kappa shape index (κ1) is 14.9. The second kappa shape index (κ2) is 5.62. The Morgan fingerprint density at radius 1 is 1.33 bits per heavy atom. The van der Waals surface area contributed by atoms with Crippen molar-refractivity contribution in [2.24, 2.45) is 5.73 Å². The summed E-state index contributed by atoms with van der Waals surface area (Å²) in [6.07, 6.45) is -1.07. The van der Waals surface area contributed by atoms with Crippen LogP contribution >= 0.6 is 23.1 Å². The number of aryl methyl sites for hydroxylation is 1. The monoisotopic (exact) mass is 330 g/mol. The van der Waals surface area contributed by atoms with Crippen molar-refractivity contribution >= 4 is 23.1 Å². The Morgan fingerprint density at radius 3 is 2.86 bits per heavy atom. The molecular formula is C14H13F3N2S2. The summed E-state index contributed by atoms with van der Waals surface area (Å²) in [5, 5.41) is 0. The summed E-state index contributed by atoms with van der Waals surface area (Å²) in [6.45, 7) is 0. The molecule has 0 aliphatic carbocycles. The van der Waals surface area contributed by atoms with Gasteiger partial charge in [-0.2, -0.15) is 24.9 Å². The first-order valence-corrected chi connectivity index (χ1v) is 8.40. The molecule has 1 aliphatic heterocycles. The fourth-order valence-electron chi connectivity index (χ4n) is 2.39. The van der Waals surface area contributed by atoms with Crippen LogP contribution in [-0.4, -0.2) is 10.7 Å². The summed E-state index contributed by atoms with van der Waals surface area (Å²) < 4.78 is 39.2. The fraction of sp³-hybridized carbons (Fsp3) is 0.357. The Balaban J connectivity index is 1.99. The summed E-state index contributed by atoms with van der Waals surface area (Å²) in [7, 11) is 0. The van der Waals surface area contributed by atoms with Crippen LogP contribution < -0.4 is 5.73 Å². The number of nitrogens with zero attached hydrogens (tertiary/aromatic N) is 1. The van der Waals surface area contributed by atoms with Gasteiger partial charge < -0.3 is 5.73 Å². The molecule has 0 spiro atoms. The van der Waals surface area contributed by atoms with Gasteiger partial charge in [-0.05, 0) is 29.9 Å². The predicted molar refractivity (Wildman–Crippen MR) is 79.5 cm³/mol. The lowest BCUT2D eigenvalue weighted by atomic mass is 10.0. The molecule has 2 nitrogen and oxygen atoms in total. The number of fused-ring (bicyclic) bond motifs is 1. The zero-order valence-corrected chi connectivity index (χ0v) is 12.6. The van der Waals surface area contributed by atoms with Crippen molar-refractivity contribution < 1.29 is 13.2 Å². The second-order valence-corrected chi connectivity index (χ2v) is 7.11. The first-order chi connectivity index (χ1) is 9.97. The quantitative estimate of drug-likeness (QED) is 0.904. The minimum absolute atomic E-state index is 0.0382. The largest absolute Gasteiger partial charge is 0.416 e. The van der Waals surface area contributed by atoms with Gasteiger partial charge in [0, 0.05) is 33.5 Å². The highest BCUT2D eigenvalue weighted by Crippen LogP contribution is 2.39. The van der Waals surface area contributed by atoms with Crippen molar-refractivity contribution in [2.45, 2.75) is 24.4 Å². The number of thiophene rings is 1. The van der Waals surface area contributed by atoms with Crippen LogP contribution in [-0.2, 0) is 18.3 Å². The van der Waals surface area contributed by atoms with Crippen molar-refractivity contribution in [2.75, 3.05) is 5.75 Å². The van der Waals surface area contributed by atoms with Gasteiger partial charge in [0.15, 0.2) is 0 Å². The molecule has 0 saturated heterocycles. The molecule has 2 N–H and O–H groups in total. The van der Waals surface area contributed by atoms with Crippen LogP contribution in [0.5, 0.6) is 0 Å². The molecule has 21 heavy (non-hydrogen) atoms. The van der Waals surface area contributed by atoms with Crippen LogP contribution in [0, 0.1) is 0 Å². The Kier molecular flexibility index (Phi) is 3.98. The van der Waals surface area contributed by atoms with E-state index in [0.717, 1.165) is 35.1 Å². The van der Waals surface area contributed by atoms with Gasteiger partial charge in [-0.3, -0.25) is 4.98 Å². The molecule has 3 heterocycles. The average molecular weight is 330 g/mol. The van der Waals surface area contributed by atoms with Crippen molar-refractivity contribution in [1.82, 2.24) is 4.98 Å². The fourth-order valence-corrected chi connectivity index (χ4v) is 4.79. The molecule has 0 bridgehead atoms. The molecule has 7 heteroatoms. The molecule has 1 aliphatic rings. The molecule has 2 aromatic rings. The number of alkyl halides is 3. The smallest absolute Gasteiger partial charge is 0.320 e. The highest BCUT2D eigenvalue weighted by atomic mass is 32.2. The van der Waals surface area contributed by atoms with E-state index in [0.29, 0.717) is 0 Å². The summed E-state index contributed by atoms with van der Waals surface area (Å²) in [5.41, 5.74) is 6.63. The van der Waals surface area contributed by atoms with Gasteiger partial charge in [0.05, 0.1) is 11.6 Å². The van der Waals surface area contributed by atoms with Crippen LogP contribution in [0.1, 0.15) is 32.5 Å². The van der Waals surface area contributed by atoms with Gasteiger partial charge in [0.1, 0.15) is 0 Å². The van der Waals surface area contributed by atoms with E-state index in [2.05, 4.69) is 4.98 Å². The van der Waals surface area contributed by atoms with Crippen LogP contribution in [0.15, 0.2) is 24.5 Å². The van der Waals surface area contributed by atoms with Crippen molar-refractivity contribution in [3.63, 3.8) is 0 Å². The number of rotatable bonds is 2. The van der Waals surface area contributed by atoms with Gasteiger partial charge in [-0.25, -0.2) is 0 Å². The number of halogens is 3. The van der Waals surface area contributed by atoms with Crippen molar-refractivity contribution in [3.8, 4) is 0 Å². The molecule has 0 radical (unpaired) electrons. The topological polar surface area (TPSA) is 38.9 Å². The minimum atomic E-state index is -4.41. The van der Waals surface area contributed by atoms with Crippen LogP contribution in [0.3, 0.4) is 0 Å². The van der Waals surface area contributed by atoms with Gasteiger partial charge >= 0.3 is 6.18 Å². The third-order valence-electron chi connectivity index (χ3n) is 3.45. The molecule has 112 valence electrons. The Bertz CT molecular complexity index is 628. The third-order valence-corrected chi connectivity index (χ3v) is 5.77. The number of aromatic nitrogens is 1. The zero-order valence-electron chi connectivity index (χ0n) is 11.0. The van der Waals surface area contributed by atoms with E-state index in [1.807, 2.05) is 17.8 Å². The first-order valence-electron chi connectivity index (χ1n) is 6.42. The molecular weight excluding hydrogens is 317 g/mol. The number of nitrogens with two attached hydrogens (primary N) is 1. The number of pyridine rings is 1. The maximum absolute atomic E-state index is 13.1. The normalized spacial score (nSPS) is 16.6. The van der Waals surface area contributed by atoms with Gasteiger partial charge in [-0.15, -0.1) is 11.3 Å².